The van der Waals surface area contributed by atoms with Crippen LogP contribution in [0.2, 0.25) is 0 Å². The zero-order valence-corrected chi connectivity index (χ0v) is 12.6. The largest absolute Gasteiger partial charge is 0.508 e. The molecule has 116 valence electrons. The molecular weight excluding hydrogens is 288 g/mol. The van der Waals surface area contributed by atoms with Gasteiger partial charge in [0.15, 0.2) is 0 Å². The molecule has 23 heavy (non-hydrogen) atoms. The molecule has 3 nitrogen and oxygen atoms in total. The average Bonchev–Trinajstić information content (AvgIpc) is 2.55. The molecule has 0 aromatic heterocycles. The second kappa shape index (κ2) is 6.44. The summed E-state index contributed by atoms with van der Waals surface area (Å²) in [6.07, 6.45) is 0.903. The van der Waals surface area contributed by atoms with Crippen LogP contribution in [0.5, 0.6) is 17.2 Å². The fourth-order valence-corrected chi connectivity index (χ4v) is 2.66. The molecule has 0 amide bonds. The molecule has 0 heterocycles. The molecule has 0 fully saturated rings. The first-order valence-electron chi connectivity index (χ1n) is 7.48. The maximum Gasteiger partial charge on any atom is 0.122 e. The van der Waals surface area contributed by atoms with E-state index in [4.69, 9.17) is 0 Å². The smallest absolute Gasteiger partial charge is 0.122 e. The van der Waals surface area contributed by atoms with Crippen LogP contribution in [-0.2, 0) is 12.8 Å². The molecule has 0 aliphatic heterocycles. The van der Waals surface area contributed by atoms with Crippen molar-refractivity contribution in [2.45, 2.75) is 12.8 Å². The molecule has 0 spiro atoms. The first-order chi connectivity index (χ1) is 11.1. The lowest BCUT2D eigenvalue weighted by molar-refractivity contribution is 0.457. The molecule has 0 saturated carbocycles. The van der Waals surface area contributed by atoms with Crippen molar-refractivity contribution >= 4 is 0 Å². The first kappa shape index (κ1) is 15.0. The van der Waals surface area contributed by atoms with Gasteiger partial charge >= 0.3 is 0 Å². The second-order valence-electron chi connectivity index (χ2n) is 5.54. The number of aromatic hydroxyl groups is 3. The Labute approximate surface area is 135 Å². The van der Waals surface area contributed by atoms with Crippen molar-refractivity contribution in [3.05, 3.63) is 89.0 Å². The van der Waals surface area contributed by atoms with Gasteiger partial charge in [-0.15, -0.1) is 0 Å². The van der Waals surface area contributed by atoms with Crippen LogP contribution in [0.25, 0.3) is 0 Å². The number of hydrogen-bond acceptors (Lipinski definition) is 3. The van der Waals surface area contributed by atoms with Gasteiger partial charge in [0.2, 0.25) is 0 Å². The van der Waals surface area contributed by atoms with Crippen LogP contribution in [0.3, 0.4) is 0 Å². The Morgan fingerprint density at radius 2 is 0.870 bits per heavy atom. The second-order valence-corrected chi connectivity index (χ2v) is 5.54. The molecule has 0 atom stereocenters. The van der Waals surface area contributed by atoms with E-state index in [0.717, 1.165) is 22.3 Å². The highest BCUT2D eigenvalue weighted by atomic mass is 16.3. The lowest BCUT2D eigenvalue weighted by atomic mass is 9.97. The summed E-state index contributed by atoms with van der Waals surface area (Å²) in [4.78, 5) is 0. The lowest BCUT2D eigenvalue weighted by Gasteiger charge is -2.11. The number of phenols is 3. The van der Waals surface area contributed by atoms with Gasteiger partial charge in [-0.25, -0.2) is 0 Å². The Hall–Kier alpha value is -2.94. The number of rotatable bonds is 4. The predicted molar refractivity (Wildman–Crippen MR) is 89.9 cm³/mol. The van der Waals surface area contributed by atoms with Crippen molar-refractivity contribution < 1.29 is 15.3 Å². The zero-order chi connectivity index (χ0) is 16.2. The molecule has 0 aliphatic rings. The number of para-hydroxylation sites is 3. The van der Waals surface area contributed by atoms with Gasteiger partial charge in [-0.3, -0.25) is 0 Å². The molecule has 3 N–H and O–H groups in total. The third-order valence-electron chi connectivity index (χ3n) is 3.95. The molecule has 0 saturated heterocycles. The van der Waals surface area contributed by atoms with E-state index in [9.17, 15) is 15.3 Å². The standard InChI is InChI=1S/C20H18O3/c21-18-10-3-1-6-14(18)12-16-8-5-9-17(20(16)23)13-15-7-2-4-11-19(15)22/h1-11,21-23H,12-13H2. The highest BCUT2D eigenvalue weighted by Gasteiger charge is 2.11. The first-order valence-corrected chi connectivity index (χ1v) is 7.48. The van der Waals surface area contributed by atoms with Gasteiger partial charge in [0.1, 0.15) is 17.2 Å². The van der Waals surface area contributed by atoms with Gasteiger partial charge in [0.05, 0.1) is 0 Å². The van der Waals surface area contributed by atoms with Crippen LogP contribution in [-0.4, -0.2) is 15.3 Å². The lowest BCUT2D eigenvalue weighted by Crippen LogP contribution is -1.95. The molecule has 3 rings (SSSR count). The minimum absolute atomic E-state index is 0.207. The van der Waals surface area contributed by atoms with Crippen LogP contribution < -0.4 is 0 Å². The third-order valence-corrected chi connectivity index (χ3v) is 3.95. The maximum absolute atomic E-state index is 10.5. The Morgan fingerprint density at radius 3 is 1.30 bits per heavy atom. The maximum atomic E-state index is 10.5. The van der Waals surface area contributed by atoms with Crippen molar-refractivity contribution in [3.63, 3.8) is 0 Å². The summed E-state index contributed by atoms with van der Waals surface area (Å²) in [5.74, 6) is 0.648. The molecule has 0 bridgehead atoms. The molecule has 3 aromatic rings. The predicted octanol–water partition coefficient (Wildman–Crippen LogP) is 3.99. The molecule has 0 aliphatic carbocycles. The number of hydrogen-bond donors (Lipinski definition) is 3. The summed E-state index contributed by atoms with van der Waals surface area (Å²) < 4.78 is 0. The van der Waals surface area contributed by atoms with E-state index >= 15 is 0 Å². The summed E-state index contributed by atoms with van der Waals surface area (Å²) in [6.45, 7) is 0. The summed E-state index contributed by atoms with van der Waals surface area (Å²) in [6, 6.07) is 19.8. The van der Waals surface area contributed by atoms with Gasteiger partial charge in [0, 0.05) is 12.8 Å². The minimum Gasteiger partial charge on any atom is -0.508 e. The van der Waals surface area contributed by atoms with E-state index in [1.807, 2.05) is 42.5 Å². The fraction of sp³-hybridized carbons (Fsp3) is 0.100. The van der Waals surface area contributed by atoms with Gasteiger partial charge in [-0.1, -0.05) is 54.6 Å². The van der Waals surface area contributed by atoms with Gasteiger partial charge in [0.25, 0.3) is 0 Å². The summed E-state index contributed by atoms with van der Waals surface area (Å²) >= 11 is 0. The Bertz CT molecular complexity index is 759. The summed E-state index contributed by atoms with van der Waals surface area (Å²) in [5, 5.41) is 30.3. The third kappa shape index (κ3) is 3.29. The highest BCUT2D eigenvalue weighted by molar-refractivity contribution is 5.48. The van der Waals surface area contributed by atoms with Crippen molar-refractivity contribution in [2.24, 2.45) is 0 Å². The molecular formula is C20H18O3. The highest BCUT2D eigenvalue weighted by Crippen LogP contribution is 2.30. The quantitative estimate of drug-likeness (QED) is 0.683. The van der Waals surface area contributed by atoms with E-state index in [1.54, 1.807) is 24.3 Å². The molecule has 3 heteroatoms. The van der Waals surface area contributed by atoms with E-state index < -0.39 is 0 Å². The van der Waals surface area contributed by atoms with Crippen LogP contribution in [0.1, 0.15) is 22.3 Å². The van der Waals surface area contributed by atoms with E-state index in [0.29, 0.717) is 12.8 Å². The Morgan fingerprint density at radius 1 is 0.478 bits per heavy atom. The molecule has 0 unspecified atom stereocenters. The van der Waals surface area contributed by atoms with Crippen LogP contribution >= 0.6 is 0 Å². The zero-order valence-electron chi connectivity index (χ0n) is 12.6. The molecule has 3 aromatic carbocycles. The van der Waals surface area contributed by atoms with E-state index in [-0.39, 0.29) is 17.2 Å². The van der Waals surface area contributed by atoms with Gasteiger partial charge < -0.3 is 15.3 Å². The van der Waals surface area contributed by atoms with Crippen molar-refractivity contribution in [3.8, 4) is 17.2 Å². The minimum atomic E-state index is 0.207. The van der Waals surface area contributed by atoms with Crippen molar-refractivity contribution in [1.29, 1.82) is 0 Å². The monoisotopic (exact) mass is 306 g/mol. The van der Waals surface area contributed by atoms with Crippen molar-refractivity contribution in [2.75, 3.05) is 0 Å². The fourth-order valence-electron chi connectivity index (χ4n) is 2.66. The van der Waals surface area contributed by atoms with E-state index in [2.05, 4.69) is 0 Å². The van der Waals surface area contributed by atoms with Crippen LogP contribution in [0.15, 0.2) is 66.7 Å². The van der Waals surface area contributed by atoms with Gasteiger partial charge in [-0.2, -0.15) is 0 Å². The summed E-state index contributed by atoms with van der Waals surface area (Å²) in [5.41, 5.74) is 3.03. The molecule has 0 radical (unpaired) electrons. The number of benzene rings is 3. The van der Waals surface area contributed by atoms with Gasteiger partial charge in [-0.05, 0) is 34.4 Å². The SMILES string of the molecule is Oc1ccccc1Cc1cccc(Cc2ccccc2O)c1O. The van der Waals surface area contributed by atoms with E-state index in [1.165, 1.54) is 0 Å². The average molecular weight is 306 g/mol. The van der Waals surface area contributed by atoms with Crippen LogP contribution in [0, 0.1) is 0 Å². The number of phenolic OH excluding ortho intramolecular Hbond substituents is 3. The topological polar surface area (TPSA) is 60.7 Å². The normalized spacial score (nSPS) is 10.6. The summed E-state index contributed by atoms with van der Waals surface area (Å²) in [7, 11) is 0. The Kier molecular flexibility index (Phi) is 4.20. The van der Waals surface area contributed by atoms with Crippen molar-refractivity contribution in [1.82, 2.24) is 0 Å². The van der Waals surface area contributed by atoms with Crippen LogP contribution in [0.4, 0.5) is 0 Å². The Balaban J connectivity index is 1.90.